The Morgan fingerprint density at radius 1 is 1.36 bits per heavy atom. The summed E-state index contributed by atoms with van der Waals surface area (Å²) < 4.78 is 11.1. The van der Waals surface area contributed by atoms with Gasteiger partial charge in [0.05, 0.1) is 24.9 Å². The lowest BCUT2D eigenvalue weighted by molar-refractivity contribution is 0.0138. The number of ether oxygens (including phenoxy) is 2. The third-order valence-electron chi connectivity index (χ3n) is 2.68. The summed E-state index contributed by atoms with van der Waals surface area (Å²) in [5.41, 5.74) is 0.0796. The zero-order chi connectivity index (χ0) is 10.8. The molecule has 0 aromatic carbocycles. The Bertz CT molecular complexity index is 232. The van der Waals surface area contributed by atoms with Crippen molar-refractivity contribution in [3.8, 4) is 6.07 Å². The van der Waals surface area contributed by atoms with E-state index in [1.54, 1.807) is 0 Å². The fourth-order valence-corrected chi connectivity index (χ4v) is 1.98. The number of nitrogens with zero attached hydrogens (tertiary/aromatic N) is 1. The molecule has 0 spiro atoms. The average molecular weight is 197 g/mol. The summed E-state index contributed by atoms with van der Waals surface area (Å²) in [6.07, 6.45) is 0.774. The monoisotopic (exact) mass is 197 g/mol. The summed E-state index contributed by atoms with van der Waals surface area (Å²) in [4.78, 5) is 0. The Morgan fingerprint density at radius 2 is 2.00 bits per heavy atom. The summed E-state index contributed by atoms with van der Waals surface area (Å²) in [7, 11) is 0. The van der Waals surface area contributed by atoms with Crippen molar-refractivity contribution in [3.05, 3.63) is 0 Å². The Kier molecular flexibility index (Phi) is 3.52. The van der Waals surface area contributed by atoms with Crippen LogP contribution in [0.2, 0.25) is 0 Å². The van der Waals surface area contributed by atoms with E-state index in [4.69, 9.17) is 14.7 Å². The number of fused-ring (bicyclic) bond motifs is 1. The Morgan fingerprint density at radius 3 is 2.50 bits per heavy atom. The van der Waals surface area contributed by atoms with Crippen LogP contribution >= 0.6 is 0 Å². The summed E-state index contributed by atoms with van der Waals surface area (Å²) >= 11 is 0. The van der Waals surface area contributed by atoms with Crippen LogP contribution in [0.3, 0.4) is 0 Å². The summed E-state index contributed by atoms with van der Waals surface area (Å²) in [5.74, 6) is 0. The van der Waals surface area contributed by atoms with Crippen LogP contribution in [0.15, 0.2) is 0 Å². The van der Waals surface area contributed by atoms with Gasteiger partial charge in [0.1, 0.15) is 6.10 Å². The minimum atomic E-state index is -0.250. The molecule has 0 bridgehead atoms. The van der Waals surface area contributed by atoms with Gasteiger partial charge in [0, 0.05) is 11.8 Å². The van der Waals surface area contributed by atoms with Crippen molar-refractivity contribution in [2.45, 2.75) is 52.4 Å². The van der Waals surface area contributed by atoms with E-state index in [2.05, 4.69) is 19.9 Å². The standard InChI is InChI=1S/C9H13NO2.C2H6/c1-9(2)5-11-7-3-6(4-10)12-8(7)9;1-2/h6-8H,3,5H2,1-2H3;1-2H3. The van der Waals surface area contributed by atoms with Crippen LogP contribution in [0.5, 0.6) is 0 Å². The van der Waals surface area contributed by atoms with E-state index in [-0.39, 0.29) is 23.7 Å². The van der Waals surface area contributed by atoms with Crippen molar-refractivity contribution in [2.75, 3.05) is 6.61 Å². The highest BCUT2D eigenvalue weighted by molar-refractivity contribution is 5.02. The molecule has 0 aromatic rings. The first-order chi connectivity index (χ1) is 6.63. The third kappa shape index (κ3) is 1.92. The van der Waals surface area contributed by atoms with Gasteiger partial charge in [-0.15, -0.1) is 0 Å². The van der Waals surface area contributed by atoms with E-state index in [9.17, 15) is 0 Å². The quantitative estimate of drug-likeness (QED) is 0.597. The second kappa shape index (κ2) is 4.29. The normalized spacial score (nSPS) is 38.1. The van der Waals surface area contributed by atoms with Gasteiger partial charge in [-0.05, 0) is 0 Å². The van der Waals surface area contributed by atoms with Crippen LogP contribution < -0.4 is 0 Å². The van der Waals surface area contributed by atoms with E-state index in [1.807, 2.05) is 13.8 Å². The Balaban J connectivity index is 0.000000461. The number of rotatable bonds is 0. The van der Waals surface area contributed by atoms with E-state index in [0.717, 1.165) is 13.0 Å². The molecule has 0 amide bonds. The molecule has 2 rings (SSSR count). The molecular weight excluding hydrogens is 178 g/mol. The zero-order valence-electron chi connectivity index (χ0n) is 9.41. The highest BCUT2D eigenvalue weighted by Gasteiger charge is 2.50. The predicted molar refractivity (Wildman–Crippen MR) is 53.8 cm³/mol. The average Bonchev–Trinajstić information content (AvgIpc) is 2.71. The van der Waals surface area contributed by atoms with Gasteiger partial charge in [0.25, 0.3) is 0 Å². The highest BCUT2D eigenvalue weighted by Crippen LogP contribution is 2.41. The zero-order valence-corrected chi connectivity index (χ0v) is 9.41. The molecule has 2 aliphatic rings. The first kappa shape index (κ1) is 11.5. The molecule has 0 saturated carbocycles. The summed E-state index contributed by atoms with van der Waals surface area (Å²) in [6.45, 7) is 9.00. The van der Waals surface area contributed by atoms with Crippen LogP contribution in [-0.2, 0) is 9.47 Å². The lowest BCUT2D eigenvalue weighted by atomic mass is 9.87. The molecule has 0 radical (unpaired) electrons. The van der Waals surface area contributed by atoms with E-state index in [0.29, 0.717) is 0 Å². The molecule has 0 N–H and O–H groups in total. The van der Waals surface area contributed by atoms with Crippen LogP contribution in [-0.4, -0.2) is 24.9 Å². The van der Waals surface area contributed by atoms with Gasteiger partial charge < -0.3 is 9.47 Å². The molecule has 14 heavy (non-hydrogen) atoms. The van der Waals surface area contributed by atoms with Gasteiger partial charge in [-0.1, -0.05) is 27.7 Å². The van der Waals surface area contributed by atoms with E-state index >= 15 is 0 Å². The van der Waals surface area contributed by atoms with Gasteiger partial charge >= 0.3 is 0 Å². The molecule has 0 aliphatic carbocycles. The van der Waals surface area contributed by atoms with Gasteiger partial charge in [0.2, 0.25) is 0 Å². The van der Waals surface area contributed by atoms with Crippen LogP contribution in [0.25, 0.3) is 0 Å². The smallest absolute Gasteiger partial charge is 0.147 e. The number of hydrogen-bond acceptors (Lipinski definition) is 3. The maximum absolute atomic E-state index is 8.66. The predicted octanol–water partition coefficient (Wildman–Crippen LogP) is 2.12. The van der Waals surface area contributed by atoms with Crippen molar-refractivity contribution in [1.29, 1.82) is 5.26 Å². The summed E-state index contributed by atoms with van der Waals surface area (Å²) in [6, 6.07) is 2.13. The number of nitriles is 1. The van der Waals surface area contributed by atoms with Gasteiger partial charge in [0.15, 0.2) is 0 Å². The molecule has 3 heteroatoms. The van der Waals surface area contributed by atoms with Gasteiger partial charge in [-0.3, -0.25) is 0 Å². The van der Waals surface area contributed by atoms with Crippen molar-refractivity contribution in [1.82, 2.24) is 0 Å². The molecule has 0 aromatic heterocycles. The molecule has 2 fully saturated rings. The second-order valence-corrected chi connectivity index (χ2v) is 4.25. The molecule has 2 aliphatic heterocycles. The topological polar surface area (TPSA) is 42.2 Å². The molecule has 3 nitrogen and oxygen atoms in total. The van der Waals surface area contributed by atoms with Crippen molar-refractivity contribution in [2.24, 2.45) is 5.41 Å². The SMILES string of the molecule is CC.CC1(C)COC2CC(C#N)OC21. The van der Waals surface area contributed by atoms with Crippen molar-refractivity contribution < 1.29 is 9.47 Å². The largest absolute Gasteiger partial charge is 0.375 e. The van der Waals surface area contributed by atoms with Gasteiger partial charge in [-0.25, -0.2) is 0 Å². The number of hydrogen-bond donors (Lipinski definition) is 0. The maximum atomic E-state index is 8.66. The fraction of sp³-hybridized carbons (Fsp3) is 0.909. The third-order valence-corrected chi connectivity index (χ3v) is 2.68. The molecule has 80 valence electrons. The van der Waals surface area contributed by atoms with E-state index in [1.165, 1.54) is 0 Å². The highest BCUT2D eigenvalue weighted by atomic mass is 16.6. The van der Waals surface area contributed by atoms with Crippen LogP contribution in [0.4, 0.5) is 0 Å². The van der Waals surface area contributed by atoms with Crippen LogP contribution in [0, 0.1) is 16.7 Å². The molecule has 2 heterocycles. The Hall–Kier alpha value is -0.590. The molecular formula is C11H19NO2. The van der Waals surface area contributed by atoms with Gasteiger partial charge in [-0.2, -0.15) is 5.26 Å². The lowest BCUT2D eigenvalue weighted by Gasteiger charge is -2.22. The second-order valence-electron chi connectivity index (χ2n) is 4.25. The lowest BCUT2D eigenvalue weighted by Crippen LogP contribution is -2.30. The minimum absolute atomic E-state index is 0.0796. The molecule has 3 atom stereocenters. The molecule has 2 saturated heterocycles. The maximum Gasteiger partial charge on any atom is 0.147 e. The van der Waals surface area contributed by atoms with Crippen molar-refractivity contribution >= 4 is 0 Å². The summed E-state index contributed by atoms with van der Waals surface area (Å²) in [5, 5.41) is 8.66. The first-order valence-corrected chi connectivity index (χ1v) is 5.30. The minimum Gasteiger partial charge on any atom is -0.375 e. The molecule has 3 unspecified atom stereocenters. The first-order valence-electron chi connectivity index (χ1n) is 5.30. The van der Waals surface area contributed by atoms with Crippen LogP contribution in [0.1, 0.15) is 34.1 Å². The fourth-order valence-electron chi connectivity index (χ4n) is 1.98. The van der Waals surface area contributed by atoms with Crippen molar-refractivity contribution in [3.63, 3.8) is 0 Å². The Labute approximate surface area is 86.0 Å². The van der Waals surface area contributed by atoms with E-state index < -0.39 is 0 Å².